The van der Waals surface area contributed by atoms with Crippen molar-refractivity contribution in [1.82, 2.24) is 4.31 Å². The first-order chi connectivity index (χ1) is 8.43. The van der Waals surface area contributed by atoms with Crippen LogP contribution in [0.4, 0.5) is 4.39 Å². The van der Waals surface area contributed by atoms with Crippen LogP contribution < -0.4 is 0 Å². The zero-order valence-corrected chi connectivity index (χ0v) is 10.5. The van der Waals surface area contributed by atoms with Crippen molar-refractivity contribution in [3.8, 4) is 0 Å². The van der Waals surface area contributed by atoms with Crippen LogP contribution in [0, 0.1) is 11.7 Å². The number of rotatable bonds is 3. The fraction of sp³-hybridized carbons (Fsp3) is 0.500. The minimum atomic E-state index is -3.81. The van der Waals surface area contributed by atoms with Crippen LogP contribution in [0.25, 0.3) is 0 Å². The van der Waals surface area contributed by atoms with E-state index in [1.165, 1.54) is 18.2 Å². The topological polar surface area (TPSA) is 57.6 Å². The van der Waals surface area contributed by atoms with Crippen LogP contribution in [0.1, 0.15) is 12.8 Å². The summed E-state index contributed by atoms with van der Waals surface area (Å²) in [4.78, 5) is -0.317. The Kier molecular flexibility index (Phi) is 2.52. The predicted molar refractivity (Wildman–Crippen MR) is 62.8 cm³/mol. The third kappa shape index (κ3) is 1.75. The molecule has 0 spiro atoms. The monoisotopic (exact) mass is 271 g/mol. The molecule has 0 bridgehead atoms. The molecule has 0 amide bonds. The van der Waals surface area contributed by atoms with Gasteiger partial charge in [-0.1, -0.05) is 12.1 Å². The van der Waals surface area contributed by atoms with Crippen molar-refractivity contribution in [3.63, 3.8) is 0 Å². The molecule has 1 saturated carbocycles. The number of hydrogen-bond donors (Lipinski definition) is 1. The van der Waals surface area contributed by atoms with Crippen molar-refractivity contribution in [3.05, 3.63) is 30.1 Å². The molecule has 1 saturated heterocycles. The minimum Gasteiger partial charge on any atom is -0.387 e. The van der Waals surface area contributed by atoms with Crippen molar-refractivity contribution in [2.45, 2.75) is 23.3 Å². The molecule has 1 aliphatic carbocycles. The highest BCUT2D eigenvalue weighted by Gasteiger charge is 2.55. The highest BCUT2D eigenvalue weighted by molar-refractivity contribution is 7.89. The lowest BCUT2D eigenvalue weighted by Crippen LogP contribution is -2.64. The molecule has 1 aromatic rings. The molecule has 1 heterocycles. The number of nitrogens with zero attached hydrogens (tertiary/aromatic N) is 1. The zero-order valence-electron chi connectivity index (χ0n) is 9.71. The lowest BCUT2D eigenvalue weighted by molar-refractivity contribution is -0.0765. The summed E-state index contributed by atoms with van der Waals surface area (Å²) in [5, 5.41) is 10.1. The summed E-state index contributed by atoms with van der Waals surface area (Å²) in [6.07, 6.45) is 1.90. The molecule has 0 aromatic heterocycles. The van der Waals surface area contributed by atoms with Gasteiger partial charge in [0.05, 0.1) is 5.60 Å². The van der Waals surface area contributed by atoms with Crippen LogP contribution in [0.3, 0.4) is 0 Å². The number of hydrogen-bond acceptors (Lipinski definition) is 3. The van der Waals surface area contributed by atoms with Crippen molar-refractivity contribution >= 4 is 10.0 Å². The van der Waals surface area contributed by atoms with Gasteiger partial charge < -0.3 is 5.11 Å². The fourth-order valence-corrected chi connectivity index (χ4v) is 4.04. The highest BCUT2D eigenvalue weighted by atomic mass is 32.2. The maximum Gasteiger partial charge on any atom is 0.246 e. The Morgan fingerprint density at radius 3 is 2.44 bits per heavy atom. The molecular formula is C12H14FNO3S. The van der Waals surface area contributed by atoms with E-state index >= 15 is 0 Å². The third-order valence-electron chi connectivity index (χ3n) is 3.69. The third-order valence-corrected chi connectivity index (χ3v) is 5.52. The molecule has 1 aromatic carbocycles. The van der Waals surface area contributed by atoms with Crippen LogP contribution >= 0.6 is 0 Å². The largest absolute Gasteiger partial charge is 0.387 e. The summed E-state index contributed by atoms with van der Waals surface area (Å²) >= 11 is 0. The van der Waals surface area contributed by atoms with E-state index in [-0.39, 0.29) is 23.9 Å². The fourth-order valence-electron chi connectivity index (χ4n) is 2.41. The molecule has 6 heteroatoms. The van der Waals surface area contributed by atoms with Crippen LogP contribution in [0.2, 0.25) is 0 Å². The van der Waals surface area contributed by atoms with E-state index in [0.717, 1.165) is 23.2 Å². The first kappa shape index (κ1) is 12.1. The second-order valence-corrected chi connectivity index (χ2v) is 6.99. The van der Waals surface area contributed by atoms with E-state index in [4.69, 9.17) is 0 Å². The van der Waals surface area contributed by atoms with Gasteiger partial charge in [0.1, 0.15) is 10.7 Å². The average Bonchev–Trinajstić information content (AvgIpc) is 3.09. The first-order valence-corrected chi connectivity index (χ1v) is 7.34. The van der Waals surface area contributed by atoms with Crippen LogP contribution in [0.15, 0.2) is 29.2 Å². The van der Waals surface area contributed by atoms with E-state index < -0.39 is 21.4 Å². The van der Waals surface area contributed by atoms with Gasteiger partial charge in [0.2, 0.25) is 10.0 Å². The maximum absolute atomic E-state index is 13.5. The number of sulfonamides is 1. The van der Waals surface area contributed by atoms with Crippen molar-refractivity contribution in [2.75, 3.05) is 13.1 Å². The summed E-state index contributed by atoms with van der Waals surface area (Å²) < 4.78 is 38.9. The van der Waals surface area contributed by atoms with Gasteiger partial charge >= 0.3 is 0 Å². The maximum atomic E-state index is 13.5. The molecule has 0 unspecified atom stereocenters. The van der Waals surface area contributed by atoms with E-state index in [1.807, 2.05) is 0 Å². The SMILES string of the molecule is O=S(=O)(c1ccccc1F)N1CC(O)(C2CC2)C1. The van der Waals surface area contributed by atoms with Crippen molar-refractivity contribution in [2.24, 2.45) is 5.92 Å². The number of β-amino-alcohol motifs (C(OH)–C–C–N with tert-alkyl or cyclic N) is 1. The van der Waals surface area contributed by atoms with Crippen molar-refractivity contribution in [1.29, 1.82) is 0 Å². The van der Waals surface area contributed by atoms with E-state index in [1.54, 1.807) is 0 Å². The summed E-state index contributed by atoms with van der Waals surface area (Å²) in [5.41, 5.74) is -0.891. The lowest BCUT2D eigenvalue weighted by atomic mass is 9.91. The molecule has 18 heavy (non-hydrogen) atoms. The second-order valence-electron chi connectivity index (χ2n) is 5.08. The van der Waals surface area contributed by atoms with Gasteiger partial charge in [0.25, 0.3) is 0 Å². The first-order valence-electron chi connectivity index (χ1n) is 5.90. The molecule has 2 aliphatic rings. The summed E-state index contributed by atoms with van der Waals surface area (Å²) in [5.74, 6) is -0.538. The molecule has 4 nitrogen and oxygen atoms in total. The molecule has 1 aliphatic heterocycles. The molecule has 0 radical (unpaired) electrons. The van der Waals surface area contributed by atoms with Gasteiger partial charge in [0.15, 0.2) is 0 Å². The van der Waals surface area contributed by atoms with Gasteiger partial charge in [-0.05, 0) is 30.9 Å². The Hall–Kier alpha value is -0.980. The average molecular weight is 271 g/mol. The molecule has 98 valence electrons. The predicted octanol–water partition coefficient (Wildman–Crippen LogP) is 0.971. The summed E-state index contributed by atoms with van der Waals surface area (Å²) in [6, 6.07) is 5.31. The quantitative estimate of drug-likeness (QED) is 0.891. The molecule has 2 fully saturated rings. The Balaban J connectivity index is 1.83. The van der Waals surface area contributed by atoms with Crippen LogP contribution in [-0.2, 0) is 10.0 Å². The normalized spacial score (nSPS) is 23.7. The molecule has 1 N–H and O–H groups in total. The van der Waals surface area contributed by atoms with Crippen molar-refractivity contribution < 1.29 is 17.9 Å². The van der Waals surface area contributed by atoms with Gasteiger partial charge in [-0.2, -0.15) is 4.31 Å². The number of aliphatic hydroxyl groups is 1. The van der Waals surface area contributed by atoms with Gasteiger partial charge in [-0.25, -0.2) is 12.8 Å². The van der Waals surface area contributed by atoms with E-state index in [2.05, 4.69) is 0 Å². The van der Waals surface area contributed by atoms with Crippen LogP contribution in [-0.4, -0.2) is 36.5 Å². The minimum absolute atomic E-state index is 0.0777. The lowest BCUT2D eigenvalue weighted by Gasteiger charge is -2.45. The number of benzene rings is 1. The molecule has 3 rings (SSSR count). The van der Waals surface area contributed by atoms with Gasteiger partial charge in [-0.3, -0.25) is 0 Å². The Labute approximate surface area is 105 Å². The molecule has 0 atom stereocenters. The zero-order chi connectivity index (χ0) is 13.0. The Morgan fingerprint density at radius 2 is 1.89 bits per heavy atom. The van der Waals surface area contributed by atoms with E-state index in [0.29, 0.717) is 0 Å². The standard InChI is InChI=1S/C12H14FNO3S/c13-10-3-1-2-4-11(10)18(16,17)14-7-12(15,8-14)9-5-6-9/h1-4,9,15H,5-8H2. The smallest absolute Gasteiger partial charge is 0.246 e. The number of halogens is 1. The van der Waals surface area contributed by atoms with E-state index in [9.17, 15) is 17.9 Å². The Morgan fingerprint density at radius 1 is 1.28 bits per heavy atom. The van der Waals surface area contributed by atoms with Gasteiger partial charge in [-0.15, -0.1) is 0 Å². The second kappa shape index (κ2) is 3.76. The Bertz CT molecular complexity index is 577. The summed E-state index contributed by atoms with van der Waals surface area (Å²) in [6.45, 7) is 0.155. The van der Waals surface area contributed by atoms with Gasteiger partial charge in [0, 0.05) is 13.1 Å². The highest BCUT2D eigenvalue weighted by Crippen LogP contribution is 2.45. The summed E-state index contributed by atoms with van der Waals surface area (Å²) in [7, 11) is -3.81. The van der Waals surface area contributed by atoms with Crippen LogP contribution in [0.5, 0.6) is 0 Å². The molecular weight excluding hydrogens is 257 g/mol.